The molecule has 31 heavy (non-hydrogen) atoms. The van der Waals surface area contributed by atoms with Crippen molar-refractivity contribution in [3.8, 4) is 0 Å². The molecule has 7 heteroatoms. The number of aryl methyl sites for hydroxylation is 1. The summed E-state index contributed by atoms with van der Waals surface area (Å²) >= 11 is 0. The highest BCUT2D eigenvalue weighted by Crippen LogP contribution is 2.28. The number of aromatic nitrogens is 3. The van der Waals surface area contributed by atoms with E-state index in [4.69, 9.17) is 14.8 Å². The minimum absolute atomic E-state index is 0.0220. The fraction of sp³-hybridized carbons (Fsp3) is 0.458. The number of ether oxygens (including phenoxy) is 1. The SMILES string of the molecule is Cc1ccc(Cn2nc(NC(=O)C3CCOCC3)c3ccc(N4CCCC4)nc32)cc1. The van der Waals surface area contributed by atoms with Gasteiger partial charge in [-0.25, -0.2) is 9.67 Å². The van der Waals surface area contributed by atoms with E-state index in [1.54, 1.807) is 0 Å². The molecule has 5 rings (SSSR count). The van der Waals surface area contributed by atoms with E-state index < -0.39 is 0 Å². The third-order valence-corrected chi connectivity index (χ3v) is 6.30. The van der Waals surface area contributed by atoms with Crippen molar-refractivity contribution in [3.63, 3.8) is 0 Å². The Morgan fingerprint density at radius 2 is 1.84 bits per heavy atom. The van der Waals surface area contributed by atoms with Crippen LogP contribution < -0.4 is 10.2 Å². The Bertz CT molecular complexity index is 1060. The summed E-state index contributed by atoms with van der Waals surface area (Å²) in [6.45, 7) is 6.06. The van der Waals surface area contributed by atoms with Gasteiger partial charge in [0.15, 0.2) is 11.5 Å². The van der Waals surface area contributed by atoms with E-state index in [0.717, 1.165) is 48.3 Å². The van der Waals surface area contributed by atoms with Crippen LogP contribution in [-0.2, 0) is 16.1 Å². The van der Waals surface area contributed by atoms with Crippen molar-refractivity contribution < 1.29 is 9.53 Å². The number of anilines is 2. The third kappa shape index (κ3) is 4.28. The van der Waals surface area contributed by atoms with Crippen LogP contribution in [0.15, 0.2) is 36.4 Å². The zero-order valence-electron chi connectivity index (χ0n) is 18.0. The van der Waals surface area contributed by atoms with Crippen LogP contribution in [0.25, 0.3) is 11.0 Å². The van der Waals surface area contributed by atoms with Crippen LogP contribution in [-0.4, -0.2) is 47.0 Å². The van der Waals surface area contributed by atoms with Gasteiger partial charge in [0.25, 0.3) is 0 Å². The molecule has 0 atom stereocenters. The molecule has 2 aliphatic heterocycles. The number of pyridine rings is 1. The molecule has 3 aromatic rings. The molecule has 1 amide bonds. The molecule has 0 bridgehead atoms. The van der Waals surface area contributed by atoms with Gasteiger partial charge in [-0.2, -0.15) is 5.10 Å². The van der Waals surface area contributed by atoms with Crippen molar-refractivity contribution in [1.29, 1.82) is 0 Å². The minimum atomic E-state index is -0.0251. The smallest absolute Gasteiger partial charge is 0.228 e. The molecule has 162 valence electrons. The normalized spacial score (nSPS) is 17.4. The number of nitrogens with zero attached hydrogens (tertiary/aromatic N) is 4. The number of hydrogen-bond donors (Lipinski definition) is 1. The first-order chi connectivity index (χ1) is 15.2. The van der Waals surface area contributed by atoms with Crippen molar-refractivity contribution in [2.45, 2.75) is 39.2 Å². The molecule has 1 aromatic carbocycles. The molecule has 7 nitrogen and oxygen atoms in total. The number of nitrogens with one attached hydrogen (secondary N) is 1. The zero-order valence-corrected chi connectivity index (χ0v) is 18.0. The lowest BCUT2D eigenvalue weighted by Gasteiger charge is -2.20. The van der Waals surface area contributed by atoms with Gasteiger partial charge in [-0.05, 0) is 50.3 Å². The van der Waals surface area contributed by atoms with E-state index in [9.17, 15) is 4.79 Å². The monoisotopic (exact) mass is 419 g/mol. The Hall–Kier alpha value is -2.93. The molecular weight excluding hydrogens is 390 g/mol. The maximum Gasteiger partial charge on any atom is 0.228 e. The summed E-state index contributed by atoms with van der Waals surface area (Å²) in [5.41, 5.74) is 3.20. The maximum atomic E-state index is 12.8. The van der Waals surface area contributed by atoms with E-state index in [-0.39, 0.29) is 11.8 Å². The van der Waals surface area contributed by atoms with Gasteiger partial charge in [0.2, 0.25) is 5.91 Å². The van der Waals surface area contributed by atoms with Crippen LogP contribution in [0.5, 0.6) is 0 Å². The molecule has 0 aliphatic carbocycles. The topological polar surface area (TPSA) is 72.3 Å². The second kappa shape index (κ2) is 8.67. The van der Waals surface area contributed by atoms with Crippen LogP contribution in [0.2, 0.25) is 0 Å². The van der Waals surface area contributed by atoms with Crippen LogP contribution >= 0.6 is 0 Å². The van der Waals surface area contributed by atoms with Crippen LogP contribution in [0.4, 0.5) is 11.6 Å². The van der Waals surface area contributed by atoms with Gasteiger partial charge in [0.05, 0.1) is 11.9 Å². The molecule has 0 saturated carbocycles. The maximum absolute atomic E-state index is 12.8. The predicted octanol–water partition coefficient (Wildman–Crippen LogP) is 3.75. The average molecular weight is 420 g/mol. The summed E-state index contributed by atoms with van der Waals surface area (Å²) in [5.74, 6) is 1.58. The Balaban J connectivity index is 1.48. The number of carbonyl (C=O) groups is 1. The Kier molecular flexibility index (Phi) is 5.59. The van der Waals surface area contributed by atoms with E-state index in [2.05, 4.69) is 47.5 Å². The van der Waals surface area contributed by atoms with E-state index in [1.807, 2.05) is 10.7 Å². The Morgan fingerprint density at radius 3 is 2.58 bits per heavy atom. The zero-order chi connectivity index (χ0) is 21.2. The Morgan fingerprint density at radius 1 is 1.10 bits per heavy atom. The van der Waals surface area contributed by atoms with Crippen LogP contribution in [0.3, 0.4) is 0 Å². The third-order valence-electron chi connectivity index (χ3n) is 6.30. The lowest BCUT2D eigenvalue weighted by atomic mass is 9.99. The number of rotatable bonds is 5. The van der Waals surface area contributed by atoms with E-state index in [1.165, 1.54) is 18.4 Å². The standard InChI is InChI=1S/C24H29N5O2/c1-17-4-6-18(7-5-17)16-29-23-20(8-9-21(25-23)28-12-2-3-13-28)22(27-29)26-24(30)19-10-14-31-15-11-19/h4-9,19H,2-3,10-16H2,1H3,(H,26,27,30). The predicted molar refractivity (Wildman–Crippen MR) is 121 cm³/mol. The number of fused-ring (bicyclic) bond motifs is 1. The summed E-state index contributed by atoms with van der Waals surface area (Å²) in [6, 6.07) is 12.6. The van der Waals surface area contributed by atoms with Gasteiger partial charge in [0.1, 0.15) is 5.82 Å². The highest BCUT2D eigenvalue weighted by Gasteiger charge is 2.24. The van der Waals surface area contributed by atoms with Crippen molar-refractivity contribution in [2.24, 2.45) is 5.92 Å². The molecule has 2 saturated heterocycles. The molecule has 0 unspecified atom stereocenters. The molecule has 1 N–H and O–H groups in total. The van der Waals surface area contributed by atoms with E-state index in [0.29, 0.717) is 25.6 Å². The van der Waals surface area contributed by atoms with Gasteiger partial charge in [-0.15, -0.1) is 0 Å². The molecule has 2 fully saturated rings. The molecule has 0 radical (unpaired) electrons. The Labute approximate surface area is 182 Å². The summed E-state index contributed by atoms with van der Waals surface area (Å²) < 4.78 is 7.31. The number of hydrogen-bond acceptors (Lipinski definition) is 5. The summed E-state index contributed by atoms with van der Waals surface area (Å²) in [5, 5.41) is 8.75. The second-order valence-corrected chi connectivity index (χ2v) is 8.60. The highest BCUT2D eigenvalue weighted by atomic mass is 16.5. The number of amides is 1. The number of carbonyl (C=O) groups excluding carboxylic acids is 1. The fourth-order valence-corrected chi connectivity index (χ4v) is 4.41. The van der Waals surface area contributed by atoms with Crippen LogP contribution in [0.1, 0.15) is 36.8 Å². The summed E-state index contributed by atoms with van der Waals surface area (Å²) in [4.78, 5) is 20.1. The van der Waals surface area contributed by atoms with E-state index >= 15 is 0 Å². The first-order valence-electron chi connectivity index (χ1n) is 11.2. The largest absolute Gasteiger partial charge is 0.381 e. The fourth-order valence-electron chi connectivity index (χ4n) is 4.41. The van der Waals surface area contributed by atoms with Gasteiger partial charge in [-0.3, -0.25) is 4.79 Å². The van der Waals surface area contributed by atoms with Crippen molar-refractivity contribution in [2.75, 3.05) is 36.5 Å². The van der Waals surface area contributed by atoms with Crippen LogP contribution in [0, 0.1) is 12.8 Å². The second-order valence-electron chi connectivity index (χ2n) is 8.60. The quantitative estimate of drug-likeness (QED) is 0.682. The van der Waals surface area contributed by atoms with Gasteiger partial charge < -0.3 is 15.0 Å². The van der Waals surface area contributed by atoms with Gasteiger partial charge >= 0.3 is 0 Å². The average Bonchev–Trinajstić information content (AvgIpc) is 3.45. The van der Waals surface area contributed by atoms with Gasteiger partial charge in [-0.1, -0.05) is 29.8 Å². The lowest BCUT2D eigenvalue weighted by molar-refractivity contribution is -0.122. The molecule has 0 spiro atoms. The molecule has 4 heterocycles. The first-order valence-corrected chi connectivity index (χ1v) is 11.2. The molecule has 2 aliphatic rings. The minimum Gasteiger partial charge on any atom is -0.381 e. The summed E-state index contributed by atoms with van der Waals surface area (Å²) in [6.07, 6.45) is 3.92. The van der Waals surface area contributed by atoms with Crippen molar-refractivity contribution >= 4 is 28.6 Å². The lowest BCUT2D eigenvalue weighted by Crippen LogP contribution is -2.28. The van der Waals surface area contributed by atoms with Gasteiger partial charge in [0, 0.05) is 32.2 Å². The number of benzene rings is 1. The highest BCUT2D eigenvalue weighted by molar-refractivity contribution is 6.00. The molecular formula is C24H29N5O2. The van der Waals surface area contributed by atoms with Crippen molar-refractivity contribution in [1.82, 2.24) is 14.8 Å². The van der Waals surface area contributed by atoms with Crippen molar-refractivity contribution in [3.05, 3.63) is 47.5 Å². The summed E-state index contributed by atoms with van der Waals surface area (Å²) in [7, 11) is 0. The first kappa shape index (κ1) is 20.0. The molecule has 2 aromatic heterocycles.